The number of carbonyl (C=O) groups excluding carboxylic acids is 1. The Morgan fingerprint density at radius 1 is 1.25 bits per heavy atom. The van der Waals surface area contributed by atoms with Crippen molar-refractivity contribution in [2.75, 3.05) is 5.32 Å². The minimum Gasteiger partial charge on any atom is -0.324 e. The smallest absolute Gasteiger partial charge is 0.224 e. The number of benzene rings is 2. The molecule has 0 saturated heterocycles. The average Bonchev–Trinajstić information content (AvgIpc) is 2.99. The molecule has 0 spiro atoms. The highest BCUT2D eigenvalue weighted by molar-refractivity contribution is 7.21. The summed E-state index contributed by atoms with van der Waals surface area (Å²) >= 11 is 14.1. The van der Waals surface area contributed by atoms with Gasteiger partial charge >= 0.3 is 0 Å². The zero-order valence-electron chi connectivity index (χ0n) is 13.1. The van der Waals surface area contributed by atoms with Crippen molar-refractivity contribution < 1.29 is 4.79 Å². The van der Waals surface area contributed by atoms with E-state index in [2.05, 4.69) is 17.2 Å². The number of hydrogen-bond donors (Lipinski definition) is 1. The van der Waals surface area contributed by atoms with Crippen molar-refractivity contribution in [2.24, 2.45) is 0 Å². The lowest BCUT2D eigenvalue weighted by molar-refractivity contribution is -0.116. The van der Waals surface area contributed by atoms with Gasteiger partial charge in [-0.3, -0.25) is 4.79 Å². The second kappa shape index (κ2) is 7.51. The molecule has 0 aliphatic rings. The number of amides is 1. The molecule has 1 aromatic heterocycles. The van der Waals surface area contributed by atoms with Crippen LogP contribution in [0.2, 0.25) is 10.0 Å². The first-order chi connectivity index (χ1) is 11.6. The molecule has 1 heterocycles. The molecule has 0 bridgehead atoms. The summed E-state index contributed by atoms with van der Waals surface area (Å²) in [5, 5.41) is 4.64. The molecule has 3 aromatic rings. The molecule has 0 aliphatic carbocycles. The number of anilines is 1. The number of nitrogens with zero attached hydrogens (tertiary/aromatic N) is 1. The Labute approximate surface area is 154 Å². The molecule has 0 radical (unpaired) electrons. The van der Waals surface area contributed by atoms with Crippen LogP contribution in [0.1, 0.15) is 26.2 Å². The Balaban J connectivity index is 2.04. The minimum absolute atomic E-state index is 0.0524. The minimum atomic E-state index is -0.0524. The van der Waals surface area contributed by atoms with E-state index in [0.717, 1.165) is 33.6 Å². The Kier molecular flexibility index (Phi) is 5.39. The van der Waals surface area contributed by atoms with Gasteiger partial charge in [-0.1, -0.05) is 48.7 Å². The van der Waals surface area contributed by atoms with Crippen molar-refractivity contribution in [1.82, 2.24) is 4.98 Å². The van der Waals surface area contributed by atoms with Crippen molar-refractivity contribution in [3.05, 3.63) is 46.4 Å². The number of rotatable bonds is 5. The van der Waals surface area contributed by atoms with Gasteiger partial charge in [0.1, 0.15) is 5.01 Å². The molecule has 1 amide bonds. The van der Waals surface area contributed by atoms with Crippen molar-refractivity contribution in [3.63, 3.8) is 0 Å². The van der Waals surface area contributed by atoms with Gasteiger partial charge < -0.3 is 5.32 Å². The molecular weight excluding hydrogens is 363 g/mol. The summed E-state index contributed by atoms with van der Waals surface area (Å²) in [6, 6.07) is 11.3. The molecule has 0 aliphatic heterocycles. The average molecular weight is 379 g/mol. The third-order valence-corrected chi connectivity index (χ3v) is 5.19. The molecular formula is C18H16Cl2N2OS. The van der Waals surface area contributed by atoms with Gasteiger partial charge in [0.05, 0.1) is 20.9 Å². The molecule has 1 N–H and O–H groups in total. The van der Waals surface area contributed by atoms with E-state index < -0.39 is 0 Å². The number of carbonyl (C=O) groups is 1. The van der Waals surface area contributed by atoms with Crippen molar-refractivity contribution in [1.29, 1.82) is 0 Å². The first kappa shape index (κ1) is 17.2. The van der Waals surface area contributed by atoms with Crippen molar-refractivity contribution in [2.45, 2.75) is 26.2 Å². The van der Waals surface area contributed by atoms with Gasteiger partial charge in [0.25, 0.3) is 0 Å². The van der Waals surface area contributed by atoms with Crippen LogP contribution < -0.4 is 5.32 Å². The first-order valence-corrected chi connectivity index (χ1v) is 9.30. The van der Waals surface area contributed by atoms with Gasteiger partial charge in [0, 0.05) is 17.0 Å². The number of halogens is 2. The van der Waals surface area contributed by atoms with E-state index in [4.69, 9.17) is 23.2 Å². The third-order valence-electron chi connectivity index (χ3n) is 3.60. The Hall–Kier alpha value is -1.62. The summed E-state index contributed by atoms with van der Waals surface area (Å²) in [5.74, 6) is -0.0524. The molecule has 3 rings (SSSR count). The highest BCUT2D eigenvalue weighted by Crippen LogP contribution is 2.40. The Morgan fingerprint density at radius 2 is 2.04 bits per heavy atom. The fourth-order valence-corrected chi connectivity index (χ4v) is 3.92. The first-order valence-electron chi connectivity index (χ1n) is 7.73. The van der Waals surface area contributed by atoms with Crippen LogP contribution >= 0.6 is 34.5 Å². The maximum atomic E-state index is 12.1. The summed E-state index contributed by atoms with van der Waals surface area (Å²) in [7, 11) is 0. The molecule has 3 nitrogen and oxygen atoms in total. The van der Waals surface area contributed by atoms with Crippen LogP contribution in [0.5, 0.6) is 0 Å². The molecule has 2 aromatic carbocycles. The van der Waals surface area contributed by atoms with Crippen LogP contribution in [0.3, 0.4) is 0 Å². The molecule has 0 fully saturated rings. The van der Waals surface area contributed by atoms with Crippen molar-refractivity contribution in [3.8, 4) is 10.6 Å². The Morgan fingerprint density at radius 3 is 2.79 bits per heavy atom. The van der Waals surface area contributed by atoms with Gasteiger partial charge in [0.15, 0.2) is 0 Å². The second-order valence-corrected chi connectivity index (χ2v) is 7.32. The number of hydrogen-bond acceptors (Lipinski definition) is 3. The molecule has 124 valence electrons. The van der Waals surface area contributed by atoms with E-state index in [-0.39, 0.29) is 5.91 Å². The molecule has 24 heavy (non-hydrogen) atoms. The summed E-state index contributed by atoms with van der Waals surface area (Å²) in [6.07, 6.45) is 2.27. The Bertz CT molecular complexity index is 859. The van der Waals surface area contributed by atoms with Gasteiger partial charge in [-0.05, 0) is 30.7 Å². The topological polar surface area (TPSA) is 42.0 Å². The number of fused-ring (bicyclic) bond motifs is 1. The van der Waals surface area contributed by atoms with E-state index in [0.29, 0.717) is 22.2 Å². The number of aromatic nitrogens is 1. The molecule has 0 unspecified atom stereocenters. The van der Waals surface area contributed by atoms with Crippen LogP contribution in [0, 0.1) is 0 Å². The molecule has 0 atom stereocenters. The summed E-state index contributed by atoms with van der Waals surface area (Å²) in [6.45, 7) is 2.05. The van der Waals surface area contributed by atoms with Crippen LogP contribution in [0.15, 0.2) is 36.4 Å². The number of thiazole rings is 1. The second-order valence-electron chi connectivity index (χ2n) is 5.45. The molecule has 6 heteroatoms. The predicted molar refractivity (Wildman–Crippen MR) is 103 cm³/mol. The molecule has 0 saturated carbocycles. The predicted octanol–water partition coefficient (Wildman–Crippen LogP) is 6.40. The fourth-order valence-electron chi connectivity index (χ4n) is 2.40. The van der Waals surface area contributed by atoms with E-state index in [1.165, 1.54) is 0 Å². The number of para-hydroxylation sites is 1. The fraction of sp³-hybridized carbons (Fsp3) is 0.222. The largest absolute Gasteiger partial charge is 0.324 e. The van der Waals surface area contributed by atoms with Crippen LogP contribution in [-0.2, 0) is 4.79 Å². The highest BCUT2D eigenvalue weighted by Gasteiger charge is 2.17. The van der Waals surface area contributed by atoms with E-state index in [1.54, 1.807) is 23.5 Å². The van der Waals surface area contributed by atoms with Crippen LogP contribution in [-0.4, -0.2) is 10.9 Å². The lowest BCUT2D eigenvalue weighted by Gasteiger charge is -2.12. The van der Waals surface area contributed by atoms with Gasteiger partial charge in [-0.2, -0.15) is 0 Å². The summed E-state index contributed by atoms with van der Waals surface area (Å²) in [4.78, 5) is 16.8. The van der Waals surface area contributed by atoms with Crippen LogP contribution in [0.25, 0.3) is 20.8 Å². The standard InChI is InChI=1S/C18H16Cl2N2OS/c1-2-3-8-16(23)22-17-12(9-11(19)10-13(17)20)18-21-14-6-4-5-7-15(14)24-18/h4-7,9-10H,2-3,8H2,1H3,(H,22,23). The van der Waals surface area contributed by atoms with Crippen molar-refractivity contribution >= 4 is 56.3 Å². The third kappa shape index (κ3) is 3.72. The zero-order chi connectivity index (χ0) is 17.1. The normalized spacial score (nSPS) is 11.0. The van der Waals surface area contributed by atoms with Gasteiger partial charge in [0.2, 0.25) is 5.91 Å². The maximum Gasteiger partial charge on any atom is 0.224 e. The number of unbranched alkanes of at least 4 members (excludes halogenated alkanes) is 1. The van der Waals surface area contributed by atoms with Gasteiger partial charge in [-0.25, -0.2) is 4.98 Å². The van der Waals surface area contributed by atoms with E-state index in [9.17, 15) is 4.79 Å². The van der Waals surface area contributed by atoms with E-state index in [1.807, 2.05) is 24.3 Å². The maximum absolute atomic E-state index is 12.1. The van der Waals surface area contributed by atoms with Crippen LogP contribution in [0.4, 0.5) is 5.69 Å². The lowest BCUT2D eigenvalue weighted by Crippen LogP contribution is -2.12. The quantitative estimate of drug-likeness (QED) is 0.557. The monoisotopic (exact) mass is 378 g/mol. The highest BCUT2D eigenvalue weighted by atomic mass is 35.5. The summed E-state index contributed by atoms with van der Waals surface area (Å²) < 4.78 is 1.08. The number of nitrogens with one attached hydrogen (secondary N) is 1. The lowest BCUT2D eigenvalue weighted by atomic mass is 10.1. The zero-order valence-corrected chi connectivity index (χ0v) is 15.4. The SMILES string of the molecule is CCCCC(=O)Nc1c(Cl)cc(Cl)cc1-c1nc2ccccc2s1. The summed E-state index contributed by atoms with van der Waals surface area (Å²) in [5.41, 5.74) is 2.23. The van der Waals surface area contributed by atoms with Gasteiger partial charge in [-0.15, -0.1) is 11.3 Å². The van der Waals surface area contributed by atoms with E-state index >= 15 is 0 Å².